The highest BCUT2D eigenvalue weighted by molar-refractivity contribution is 5.79. The molecular formula is C24H23N3O7. The van der Waals surface area contributed by atoms with Crippen LogP contribution >= 0.6 is 0 Å². The van der Waals surface area contributed by atoms with Gasteiger partial charge in [-0.05, 0) is 29.2 Å². The first-order valence-corrected chi connectivity index (χ1v) is 10.6. The van der Waals surface area contributed by atoms with E-state index in [1.807, 2.05) is 48.5 Å². The second-order valence-corrected chi connectivity index (χ2v) is 8.02. The maximum absolute atomic E-state index is 12.3. The van der Waals surface area contributed by atoms with Gasteiger partial charge in [0.05, 0.1) is 4.92 Å². The lowest BCUT2D eigenvalue weighted by atomic mass is 9.98. The molecule has 0 aliphatic heterocycles. The Hall–Kier alpha value is -4.02. The molecule has 2 atom stereocenters. The normalized spacial score (nSPS) is 14.1. The molecule has 1 amide bonds. The number of rotatable bonds is 7. The van der Waals surface area contributed by atoms with Crippen molar-refractivity contribution in [3.05, 3.63) is 97.4 Å². The minimum atomic E-state index is -1.58. The Morgan fingerprint density at radius 1 is 1.15 bits per heavy atom. The standard InChI is InChI=1S/C24H23N3O7/c1-13-18(10-25-23(30)21(13)27(32)33)22(29)20(28)11-26-24(31)34-12-19-16-8-4-2-6-14(16)15-7-3-5-9-17(15)19/h2-10,19-20,22,28-29H,11-12H2,1H3,(H,25,30)(H,26,31). The van der Waals surface area contributed by atoms with Crippen molar-refractivity contribution in [1.82, 2.24) is 10.3 Å². The molecule has 1 aromatic heterocycles. The number of carbonyl (C=O) groups excluding carboxylic acids is 1. The molecule has 10 nitrogen and oxygen atoms in total. The van der Waals surface area contributed by atoms with Gasteiger partial charge < -0.3 is 25.3 Å². The van der Waals surface area contributed by atoms with Crippen molar-refractivity contribution in [3.63, 3.8) is 0 Å². The molecular weight excluding hydrogens is 442 g/mol. The highest BCUT2D eigenvalue weighted by atomic mass is 16.6. The maximum Gasteiger partial charge on any atom is 0.407 e. The summed E-state index contributed by atoms with van der Waals surface area (Å²) >= 11 is 0. The molecule has 0 radical (unpaired) electrons. The fraction of sp³-hybridized carbons (Fsp3) is 0.250. The summed E-state index contributed by atoms with van der Waals surface area (Å²) in [5.41, 5.74) is 2.59. The Balaban J connectivity index is 1.37. The summed E-state index contributed by atoms with van der Waals surface area (Å²) in [5, 5.41) is 34.2. The van der Waals surface area contributed by atoms with Crippen LogP contribution in [-0.2, 0) is 4.74 Å². The van der Waals surface area contributed by atoms with E-state index in [-0.39, 0.29) is 30.2 Å². The van der Waals surface area contributed by atoms with Gasteiger partial charge in [-0.1, -0.05) is 48.5 Å². The number of nitrogens with zero attached hydrogens (tertiary/aromatic N) is 1. The number of ether oxygens (including phenoxy) is 1. The maximum atomic E-state index is 12.3. The third kappa shape index (κ3) is 4.28. The first kappa shape index (κ1) is 23.1. The molecule has 1 heterocycles. The zero-order valence-electron chi connectivity index (χ0n) is 18.2. The van der Waals surface area contributed by atoms with Crippen LogP contribution in [0.25, 0.3) is 11.1 Å². The number of H-pyrrole nitrogens is 1. The Bertz CT molecular complexity index is 1260. The number of nitrogens with one attached hydrogen (secondary N) is 2. The fourth-order valence-corrected chi connectivity index (χ4v) is 4.31. The molecule has 34 heavy (non-hydrogen) atoms. The Morgan fingerprint density at radius 2 is 1.74 bits per heavy atom. The number of benzene rings is 2. The zero-order chi connectivity index (χ0) is 24.4. The van der Waals surface area contributed by atoms with Gasteiger partial charge in [-0.3, -0.25) is 14.9 Å². The number of aromatic nitrogens is 1. The third-order valence-corrected chi connectivity index (χ3v) is 6.03. The highest BCUT2D eigenvalue weighted by Crippen LogP contribution is 2.44. The van der Waals surface area contributed by atoms with Crippen molar-refractivity contribution in [2.24, 2.45) is 0 Å². The number of alkyl carbamates (subject to hydrolysis) is 1. The van der Waals surface area contributed by atoms with E-state index >= 15 is 0 Å². The van der Waals surface area contributed by atoms with Crippen molar-refractivity contribution in [3.8, 4) is 11.1 Å². The molecule has 4 rings (SSSR count). The number of pyridine rings is 1. The summed E-state index contributed by atoms with van der Waals surface area (Å²) in [6.45, 7) is 1.02. The summed E-state index contributed by atoms with van der Waals surface area (Å²) in [7, 11) is 0. The number of nitro groups is 1. The zero-order valence-corrected chi connectivity index (χ0v) is 18.2. The molecule has 0 bridgehead atoms. The largest absolute Gasteiger partial charge is 0.449 e. The van der Waals surface area contributed by atoms with Gasteiger partial charge in [-0.25, -0.2) is 4.79 Å². The third-order valence-electron chi connectivity index (χ3n) is 6.03. The highest BCUT2D eigenvalue weighted by Gasteiger charge is 2.30. The number of hydrogen-bond acceptors (Lipinski definition) is 7. The Kier molecular flexibility index (Phi) is 6.44. The second kappa shape index (κ2) is 9.46. The smallest absolute Gasteiger partial charge is 0.407 e. The van der Waals surface area contributed by atoms with Crippen LogP contribution in [0.2, 0.25) is 0 Å². The number of hydrogen-bond donors (Lipinski definition) is 4. The summed E-state index contributed by atoms with van der Waals surface area (Å²) < 4.78 is 5.39. The first-order chi connectivity index (χ1) is 16.3. The Morgan fingerprint density at radius 3 is 2.32 bits per heavy atom. The van der Waals surface area contributed by atoms with Crippen LogP contribution in [0.5, 0.6) is 0 Å². The monoisotopic (exact) mass is 465 g/mol. The molecule has 1 aliphatic carbocycles. The molecule has 10 heteroatoms. The van der Waals surface area contributed by atoms with Gasteiger partial charge in [-0.15, -0.1) is 0 Å². The first-order valence-electron chi connectivity index (χ1n) is 10.6. The number of carbonyl (C=O) groups is 1. The van der Waals surface area contributed by atoms with E-state index in [0.29, 0.717) is 0 Å². The Labute approximate surface area is 194 Å². The lowest BCUT2D eigenvalue weighted by molar-refractivity contribution is -0.387. The van der Waals surface area contributed by atoms with Crippen LogP contribution in [0.3, 0.4) is 0 Å². The van der Waals surface area contributed by atoms with Gasteiger partial charge in [0.15, 0.2) is 0 Å². The van der Waals surface area contributed by atoms with Gasteiger partial charge >= 0.3 is 17.3 Å². The van der Waals surface area contributed by atoms with E-state index in [1.54, 1.807) is 0 Å². The van der Waals surface area contributed by atoms with Gasteiger partial charge in [0.1, 0.15) is 18.8 Å². The lowest BCUT2D eigenvalue weighted by Crippen LogP contribution is -2.36. The van der Waals surface area contributed by atoms with Crippen molar-refractivity contribution in [2.45, 2.75) is 25.0 Å². The topological polar surface area (TPSA) is 155 Å². The van der Waals surface area contributed by atoms with E-state index in [9.17, 15) is 29.9 Å². The molecule has 0 spiro atoms. The lowest BCUT2D eigenvalue weighted by Gasteiger charge is -2.20. The van der Waals surface area contributed by atoms with Crippen molar-refractivity contribution in [1.29, 1.82) is 0 Å². The molecule has 176 valence electrons. The molecule has 3 aromatic rings. The summed E-state index contributed by atoms with van der Waals surface area (Å²) in [6, 6.07) is 15.8. The molecule has 0 fully saturated rings. The number of aromatic amines is 1. The molecule has 2 unspecified atom stereocenters. The fourth-order valence-electron chi connectivity index (χ4n) is 4.31. The van der Waals surface area contributed by atoms with Crippen LogP contribution in [0.15, 0.2) is 59.5 Å². The van der Waals surface area contributed by atoms with Gasteiger partial charge in [0.25, 0.3) is 0 Å². The average Bonchev–Trinajstić information content (AvgIpc) is 3.14. The van der Waals surface area contributed by atoms with E-state index in [0.717, 1.165) is 28.5 Å². The van der Waals surface area contributed by atoms with Crippen molar-refractivity contribution in [2.75, 3.05) is 13.2 Å². The van der Waals surface area contributed by atoms with Gasteiger partial charge in [0.2, 0.25) is 0 Å². The van der Waals surface area contributed by atoms with E-state index < -0.39 is 34.5 Å². The van der Waals surface area contributed by atoms with Crippen molar-refractivity contribution < 1.29 is 24.7 Å². The van der Waals surface area contributed by atoms with Crippen LogP contribution in [0.1, 0.15) is 34.3 Å². The second-order valence-electron chi connectivity index (χ2n) is 8.02. The predicted molar refractivity (Wildman–Crippen MR) is 122 cm³/mol. The number of aliphatic hydroxyl groups is 2. The van der Waals surface area contributed by atoms with Crippen LogP contribution in [0.4, 0.5) is 10.5 Å². The predicted octanol–water partition coefficient (Wildman–Crippen LogP) is 2.52. The van der Waals surface area contributed by atoms with E-state index in [4.69, 9.17) is 4.74 Å². The van der Waals surface area contributed by atoms with Gasteiger partial charge in [-0.2, -0.15) is 0 Å². The average molecular weight is 465 g/mol. The minimum absolute atomic E-state index is 0.0202. The number of amides is 1. The number of aliphatic hydroxyl groups excluding tert-OH is 2. The van der Waals surface area contributed by atoms with E-state index in [2.05, 4.69) is 10.3 Å². The van der Waals surface area contributed by atoms with Crippen molar-refractivity contribution >= 4 is 11.8 Å². The number of fused-ring (bicyclic) bond motifs is 3. The summed E-state index contributed by atoms with van der Waals surface area (Å²) in [5.74, 6) is -0.127. The minimum Gasteiger partial charge on any atom is -0.449 e. The molecule has 1 aliphatic rings. The molecule has 0 saturated carbocycles. The summed E-state index contributed by atoms with van der Waals surface area (Å²) in [6.07, 6.45) is -2.75. The summed E-state index contributed by atoms with van der Waals surface area (Å²) in [4.78, 5) is 36.4. The molecule has 4 N–H and O–H groups in total. The molecule has 0 saturated heterocycles. The van der Waals surface area contributed by atoms with Crippen LogP contribution < -0.4 is 10.9 Å². The van der Waals surface area contributed by atoms with Crippen LogP contribution in [-0.4, -0.2) is 45.5 Å². The van der Waals surface area contributed by atoms with Crippen LogP contribution in [0, 0.1) is 17.0 Å². The SMILES string of the molecule is Cc1c(C(O)C(O)CNC(=O)OCC2c3ccccc3-c3ccccc32)c[nH]c(=O)c1[N+](=O)[O-]. The van der Waals surface area contributed by atoms with Gasteiger partial charge in [0, 0.05) is 29.8 Å². The quantitative estimate of drug-likeness (QED) is 0.309. The van der Waals surface area contributed by atoms with E-state index in [1.165, 1.54) is 6.92 Å². The molecule has 2 aromatic carbocycles.